The highest BCUT2D eigenvalue weighted by Gasteiger charge is 2.36. The lowest BCUT2D eigenvalue weighted by molar-refractivity contribution is 0.101. The van der Waals surface area contributed by atoms with Crippen LogP contribution in [0, 0.1) is 20.8 Å². The molecule has 4 aromatic rings. The number of hydrogen-bond acceptors (Lipinski definition) is 3. The van der Waals surface area contributed by atoms with Gasteiger partial charge < -0.3 is 0 Å². The molecule has 1 aliphatic heterocycles. The van der Waals surface area contributed by atoms with E-state index in [9.17, 15) is 4.79 Å². The number of anilines is 1. The van der Waals surface area contributed by atoms with E-state index in [1.165, 1.54) is 5.56 Å². The Morgan fingerprint density at radius 2 is 1.53 bits per heavy atom. The van der Waals surface area contributed by atoms with Crippen LogP contribution in [0.25, 0.3) is 10.9 Å². The summed E-state index contributed by atoms with van der Waals surface area (Å²) in [6, 6.07) is 21.7. The Hall–Kier alpha value is -3.79. The van der Waals surface area contributed by atoms with Crippen LogP contribution >= 0.6 is 0 Å². The second-order valence-corrected chi connectivity index (χ2v) is 7.72. The Morgan fingerprint density at radius 3 is 2.30 bits per heavy atom. The van der Waals surface area contributed by atoms with Gasteiger partial charge in [0.05, 0.1) is 22.5 Å². The van der Waals surface area contributed by atoms with Crippen LogP contribution in [0.2, 0.25) is 0 Å². The Morgan fingerprint density at radius 1 is 0.833 bits per heavy atom. The van der Waals surface area contributed by atoms with Crippen LogP contribution in [0.5, 0.6) is 0 Å². The van der Waals surface area contributed by atoms with Crippen molar-refractivity contribution in [1.82, 2.24) is 4.98 Å². The zero-order valence-corrected chi connectivity index (χ0v) is 17.2. The van der Waals surface area contributed by atoms with Crippen LogP contribution in [-0.2, 0) is 0 Å². The van der Waals surface area contributed by atoms with Gasteiger partial charge in [-0.1, -0.05) is 54.1 Å². The first-order chi connectivity index (χ1) is 14.5. The lowest BCUT2D eigenvalue weighted by Crippen LogP contribution is -2.30. The monoisotopic (exact) mass is 391 g/mol. The zero-order valence-electron chi connectivity index (χ0n) is 17.2. The summed E-state index contributed by atoms with van der Waals surface area (Å²) in [4.78, 5) is 24.8. The van der Waals surface area contributed by atoms with E-state index >= 15 is 0 Å². The molecule has 0 fully saturated rings. The fourth-order valence-corrected chi connectivity index (χ4v) is 4.26. The highest BCUT2D eigenvalue weighted by Crippen LogP contribution is 2.35. The minimum absolute atomic E-state index is 0.0788. The number of aryl methyl sites for hydroxylation is 3. The summed E-state index contributed by atoms with van der Waals surface area (Å²) >= 11 is 0. The average molecular weight is 391 g/mol. The predicted molar refractivity (Wildman–Crippen MR) is 122 cm³/mol. The maximum absolute atomic E-state index is 13.5. The lowest BCUT2D eigenvalue weighted by atomic mass is 10.1. The number of pyridine rings is 1. The van der Waals surface area contributed by atoms with Gasteiger partial charge in [-0.25, -0.2) is 4.99 Å². The van der Waals surface area contributed by atoms with E-state index < -0.39 is 0 Å². The summed E-state index contributed by atoms with van der Waals surface area (Å²) in [5.74, 6) is 0.564. The van der Waals surface area contributed by atoms with E-state index in [1.54, 1.807) is 11.1 Å². The van der Waals surface area contributed by atoms with E-state index in [4.69, 9.17) is 4.99 Å². The summed E-state index contributed by atoms with van der Waals surface area (Å²) in [6.07, 6.45) is 1.75. The summed E-state index contributed by atoms with van der Waals surface area (Å²) in [5.41, 5.74) is 7.31. The number of carbonyl (C=O) groups is 1. The Bertz CT molecular complexity index is 1330. The largest absolute Gasteiger partial charge is 0.268 e. The standard InChI is InChI=1S/C26H21N3O/c1-16-14-17(2)23(18(3)15-16)28-25-20-10-4-5-11-21(20)26(30)29(25)22-12-6-8-19-9-7-13-27-24(19)22/h4-15H,1-3H3. The second-order valence-electron chi connectivity index (χ2n) is 7.72. The molecular weight excluding hydrogens is 370 g/mol. The zero-order chi connectivity index (χ0) is 20.8. The van der Waals surface area contributed by atoms with Crippen LogP contribution < -0.4 is 4.90 Å². The quantitative estimate of drug-likeness (QED) is 0.427. The number of para-hydroxylation sites is 1. The molecule has 0 unspecified atom stereocenters. The molecule has 0 atom stereocenters. The molecule has 4 heteroatoms. The van der Waals surface area contributed by atoms with Crippen molar-refractivity contribution in [1.29, 1.82) is 0 Å². The topological polar surface area (TPSA) is 45.6 Å². The van der Waals surface area contributed by atoms with Gasteiger partial charge in [0.2, 0.25) is 0 Å². The minimum atomic E-state index is -0.0788. The number of amides is 1. The predicted octanol–water partition coefficient (Wildman–Crippen LogP) is 5.90. The maximum atomic E-state index is 13.5. The number of amidine groups is 1. The van der Waals surface area contributed by atoms with Crippen molar-refractivity contribution >= 4 is 34.0 Å². The van der Waals surface area contributed by atoms with Gasteiger partial charge in [0.15, 0.2) is 0 Å². The SMILES string of the molecule is Cc1cc(C)c(N=C2c3ccccc3C(=O)N2c2cccc3cccnc23)c(C)c1. The molecule has 0 aliphatic carbocycles. The first-order valence-electron chi connectivity index (χ1n) is 9.99. The smallest absolute Gasteiger partial charge is 0.264 e. The van der Waals surface area contributed by atoms with Crippen molar-refractivity contribution in [2.24, 2.45) is 4.99 Å². The van der Waals surface area contributed by atoms with Crippen molar-refractivity contribution in [3.8, 4) is 0 Å². The molecule has 3 aromatic carbocycles. The van der Waals surface area contributed by atoms with Gasteiger partial charge in [-0.3, -0.25) is 14.7 Å². The summed E-state index contributed by atoms with van der Waals surface area (Å²) in [6.45, 7) is 6.21. The van der Waals surface area contributed by atoms with Crippen LogP contribution in [0.4, 0.5) is 11.4 Å². The van der Waals surface area contributed by atoms with Gasteiger partial charge >= 0.3 is 0 Å². The van der Waals surface area contributed by atoms with Crippen LogP contribution in [-0.4, -0.2) is 16.7 Å². The third-order valence-corrected chi connectivity index (χ3v) is 5.52. The van der Waals surface area contributed by atoms with Gasteiger partial charge in [0.1, 0.15) is 5.84 Å². The highest BCUT2D eigenvalue weighted by atomic mass is 16.2. The van der Waals surface area contributed by atoms with Crippen molar-refractivity contribution in [2.45, 2.75) is 20.8 Å². The summed E-state index contributed by atoms with van der Waals surface area (Å²) < 4.78 is 0. The molecule has 2 heterocycles. The average Bonchev–Trinajstić information content (AvgIpc) is 3.02. The van der Waals surface area contributed by atoms with E-state index in [2.05, 4.69) is 37.9 Å². The van der Waals surface area contributed by atoms with Crippen LogP contribution in [0.15, 0.2) is 77.9 Å². The number of nitrogens with zero attached hydrogens (tertiary/aromatic N) is 3. The number of rotatable bonds is 2. The number of fused-ring (bicyclic) bond motifs is 2. The van der Waals surface area contributed by atoms with E-state index in [-0.39, 0.29) is 5.91 Å². The first kappa shape index (κ1) is 18.3. The molecule has 5 rings (SSSR count). The molecule has 1 amide bonds. The summed E-state index contributed by atoms with van der Waals surface area (Å²) in [7, 11) is 0. The van der Waals surface area contributed by atoms with E-state index in [0.717, 1.165) is 39.0 Å². The molecule has 146 valence electrons. The van der Waals surface area contributed by atoms with Gasteiger partial charge in [-0.05, 0) is 50.1 Å². The van der Waals surface area contributed by atoms with Crippen LogP contribution in [0.3, 0.4) is 0 Å². The molecule has 0 N–H and O–H groups in total. The first-order valence-corrected chi connectivity index (χ1v) is 9.99. The third kappa shape index (κ3) is 2.80. The molecule has 0 saturated carbocycles. The number of aliphatic imine (C=N–C) groups is 1. The van der Waals surface area contributed by atoms with E-state index in [0.29, 0.717) is 11.4 Å². The maximum Gasteiger partial charge on any atom is 0.264 e. The third-order valence-electron chi connectivity index (χ3n) is 5.52. The number of aromatic nitrogens is 1. The van der Waals surface area contributed by atoms with Gasteiger partial charge in [0, 0.05) is 17.1 Å². The molecule has 0 bridgehead atoms. The fourth-order valence-electron chi connectivity index (χ4n) is 4.26. The molecule has 4 nitrogen and oxygen atoms in total. The van der Waals surface area contributed by atoms with Gasteiger partial charge in [-0.2, -0.15) is 0 Å². The molecule has 0 radical (unpaired) electrons. The number of hydrogen-bond donors (Lipinski definition) is 0. The van der Waals surface area contributed by atoms with Gasteiger partial charge in [0.25, 0.3) is 5.91 Å². The van der Waals surface area contributed by atoms with Crippen molar-refractivity contribution in [3.63, 3.8) is 0 Å². The Balaban J connectivity index is 1.79. The highest BCUT2D eigenvalue weighted by molar-refractivity contribution is 6.37. The normalized spacial score (nSPS) is 14.6. The van der Waals surface area contributed by atoms with Gasteiger partial charge in [-0.15, -0.1) is 0 Å². The number of carbonyl (C=O) groups excluding carboxylic acids is 1. The lowest BCUT2D eigenvalue weighted by Gasteiger charge is -2.19. The van der Waals surface area contributed by atoms with Crippen molar-refractivity contribution in [3.05, 3.63) is 101 Å². The summed E-state index contributed by atoms with van der Waals surface area (Å²) in [5, 5.41) is 0.987. The molecule has 0 saturated heterocycles. The molecule has 1 aliphatic rings. The Kier molecular flexibility index (Phi) is 4.21. The molecule has 0 spiro atoms. The molecular formula is C26H21N3O. The minimum Gasteiger partial charge on any atom is -0.268 e. The van der Waals surface area contributed by atoms with Crippen molar-refractivity contribution < 1.29 is 4.79 Å². The van der Waals surface area contributed by atoms with Crippen molar-refractivity contribution in [2.75, 3.05) is 4.90 Å². The number of benzene rings is 3. The molecule has 30 heavy (non-hydrogen) atoms. The second kappa shape index (κ2) is 6.92. The van der Waals surface area contributed by atoms with E-state index in [1.807, 2.05) is 54.6 Å². The molecule has 1 aromatic heterocycles. The Labute approximate surface area is 175 Å². The van der Waals surface area contributed by atoms with Crippen LogP contribution in [0.1, 0.15) is 32.6 Å². The fraction of sp³-hybridized carbons (Fsp3) is 0.115.